The normalized spacial score (nSPS) is 14.9. The first kappa shape index (κ1) is 73.9. The molecule has 0 fully saturated rings. The molecule has 35 heteroatoms. The average Bonchev–Trinajstić information content (AvgIpc) is 2.25. The average molecular weight is 1260 g/mol. The van der Waals surface area contributed by atoms with E-state index >= 15 is 0 Å². The van der Waals surface area contributed by atoms with Gasteiger partial charge in [-0.3, -0.25) is 57.7 Å². The molecule has 0 spiro atoms. The minimum atomic E-state index is -2.02. The number of rotatable bonds is 41. The lowest BCUT2D eigenvalue weighted by Crippen LogP contribution is -2.61. The number of carboxylic acids is 2. The Balaban J connectivity index is 2.00. The van der Waals surface area contributed by atoms with E-state index in [1.165, 1.54) is 12.5 Å². The Morgan fingerprint density at radius 1 is 0.596 bits per heavy atom. The predicted octanol–water partition coefficient (Wildman–Crippen LogP) is -7.21. The third-order valence-electron chi connectivity index (χ3n) is 13.6. The highest BCUT2D eigenvalue weighted by atomic mass is 16.4. The van der Waals surface area contributed by atoms with Gasteiger partial charge in [0.15, 0.2) is 12.0 Å². The number of aromatic nitrogens is 3. The molecule has 3 aromatic rings. The maximum absolute atomic E-state index is 14.8. The summed E-state index contributed by atoms with van der Waals surface area (Å²) >= 11 is 0. The number of nitrogens with one attached hydrogen (secondary N) is 11. The molecule has 1 aromatic carbocycles. The number of guanidine groups is 1. The Morgan fingerprint density at radius 3 is 1.64 bits per heavy atom. The van der Waals surface area contributed by atoms with Gasteiger partial charge in [0.2, 0.25) is 59.1 Å². The van der Waals surface area contributed by atoms with Gasteiger partial charge in [0.05, 0.1) is 32.1 Å². The second-order valence-corrected chi connectivity index (χ2v) is 21.3. The molecule has 0 radical (unpaired) electrons. The van der Waals surface area contributed by atoms with Crippen LogP contribution in [0.1, 0.15) is 89.8 Å². The maximum Gasteiger partial charge on any atom is 0.328 e. The number of aromatic amines is 2. The standard InChI is InChI=1S/C54H84N18O17/c1-26(2)17-36(48(83)71-40(24-74)52(87)70-39(20-42(77)78)51(86)66-34(12-8-16-61-54(58)59)47(82)72-43(27(3)75)53(88)89)67-49(84)37(18-28-21-62-32-10-5-4-9-30(28)32)68-50(85)38(19-29-22-60-25-63-29)69-45(80)33(11-6-7-15-55)65-46(81)35(13-14-41(57)76)64-44(79)31(56)23-73/h4-5,9-10,21-22,25-27,31,33-40,43,62,73-75H,6-8,11-20,23-24,55-56H2,1-3H3,(H2,57,76)(H,60,63)(H,64,79)(H,65,81)(H,66,86)(H,67,84)(H,68,85)(H,69,80)(H,70,87)(H,71,83)(H,72,82)(H,77,78)(H,88,89)(H4,58,59,61)/t27-,31+,33+,34+,35+,36+,37+,38+,39+,40+,43+/m1/s1. The van der Waals surface area contributed by atoms with Gasteiger partial charge in [-0.05, 0) is 76.0 Å². The highest BCUT2D eigenvalue weighted by Crippen LogP contribution is 2.20. The third kappa shape index (κ3) is 25.5. The third-order valence-corrected chi connectivity index (χ3v) is 13.6. The van der Waals surface area contributed by atoms with Gasteiger partial charge < -0.3 is 112 Å². The SMILES string of the molecule is CC(C)C[C@H](NC(=O)[C@H](Cc1c[nH]c2ccccc12)NC(=O)[C@H](Cc1cnc[nH]1)NC(=O)[C@H](CCCCN)NC(=O)[C@H](CCC(N)=O)NC(=O)[C@@H](N)CO)C(=O)N[C@@H](CO)C(=O)N[C@@H](CC(=O)O)C(=O)N[C@@H](CCCN=C(N)N)C(=O)N[C@H](C(=O)O)[C@@H](C)O. The summed E-state index contributed by atoms with van der Waals surface area (Å²) in [4.78, 5) is 175. The van der Waals surface area contributed by atoms with Gasteiger partial charge in [-0.15, -0.1) is 0 Å². The van der Waals surface area contributed by atoms with E-state index in [0.29, 0.717) is 28.6 Å². The van der Waals surface area contributed by atoms with E-state index in [1.54, 1.807) is 44.3 Å². The zero-order valence-electron chi connectivity index (χ0n) is 49.5. The first-order valence-electron chi connectivity index (χ1n) is 28.5. The molecule has 10 amide bonds. The van der Waals surface area contributed by atoms with E-state index in [1.807, 2.05) is 0 Å². The van der Waals surface area contributed by atoms with Crippen molar-refractivity contribution in [2.45, 2.75) is 158 Å². The number of aliphatic hydroxyl groups excluding tert-OH is 3. The smallest absolute Gasteiger partial charge is 0.328 e. The van der Waals surface area contributed by atoms with Crippen molar-refractivity contribution >= 4 is 87.9 Å². The highest BCUT2D eigenvalue weighted by Gasteiger charge is 2.37. The van der Waals surface area contributed by atoms with Crippen LogP contribution in [0, 0.1) is 5.92 Å². The lowest BCUT2D eigenvalue weighted by molar-refractivity contribution is -0.145. The van der Waals surface area contributed by atoms with Gasteiger partial charge in [0.25, 0.3) is 0 Å². The number of H-pyrrole nitrogens is 2. The number of unbranched alkanes of at least 4 members (excludes halogenated alkanes) is 1. The minimum absolute atomic E-state index is 0.00916. The van der Waals surface area contributed by atoms with Crippen molar-refractivity contribution in [3.05, 3.63) is 54.2 Å². The van der Waals surface area contributed by atoms with E-state index in [0.717, 1.165) is 6.92 Å². The second kappa shape index (κ2) is 37.4. The molecule has 3 rings (SSSR count). The number of amides is 10. The first-order chi connectivity index (χ1) is 42.1. The molecule has 0 saturated carbocycles. The number of hydrogen-bond donors (Lipinski definition) is 21. The summed E-state index contributed by atoms with van der Waals surface area (Å²) in [5.74, 6) is -14.4. The Hall–Kier alpha value is -9.32. The van der Waals surface area contributed by atoms with Crippen molar-refractivity contribution in [1.29, 1.82) is 0 Å². The molecule has 89 heavy (non-hydrogen) atoms. The first-order valence-corrected chi connectivity index (χ1v) is 28.5. The number of aliphatic carboxylic acids is 2. The van der Waals surface area contributed by atoms with Crippen LogP contribution >= 0.6 is 0 Å². The number of para-hydroxylation sites is 1. The number of imidazole rings is 1. The summed E-state index contributed by atoms with van der Waals surface area (Å²) in [5.41, 5.74) is 28.9. The Kier molecular flexibility index (Phi) is 31.1. The summed E-state index contributed by atoms with van der Waals surface area (Å²) in [6.45, 7) is 2.60. The molecule has 2 aromatic heterocycles. The summed E-state index contributed by atoms with van der Waals surface area (Å²) in [7, 11) is 0. The molecule has 0 aliphatic heterocycles. The van der Waals surface area contributed by atoms with Crippen molar-refractivity contribution in [2.75, 3.05) is 26.3 Å². The number of primary amides is 1. The number of nitrogens with zero attached hydrogens (tertiary/aromatic N) is 2. The van der Waals surface area contributed by atoms with Crippen molar-refractivity contribution in [2.24, 2.45) is 39.6 Å². The molecule has 0 saturated heterocycles. The summed E-state index contributed by atoms with van der Waals surface area (Å²) in [5, 5.41) is 71.4. The van der Waals surface area contributed by atoms with E-state index in [4.69, 9.17) is 28.7 Å². The Labute approximate surface area is 510 Å². The van der Waals surface area contributed by atoms with Crippen LogP contribution in [0.2, 0.25) is 0 Å². The molecular formula is C54H84N18O17. The van der Waals surface area contributed by atoms with Gasteiger partial charge in [-0.1, -0.05) is 32.0 Å². The number of carboxylic acid groups (broad SMARTS) is 2. The topological polar surface area (TPSA) is 601 Å². The fourth-order valence-electron chi connectivity index (χ4n) is 8.84. The fraction of sp³-hybridized carbons (Fsp3) is 0.556. The van der Waals surface area contributed by atoms with E-state index in [2.05, 4.69) is 67.8 Å². The quantitative estimate of drug-likeness (QED) is 0.0143. The number of aliphatic hydroxyl groups is 3. The van der Waals surface area contributed by atoms with E-state index < -0.39 is 157 Å². The molecule has 0 aliphatic carbocycles. The summed E-state index contributed by atoms with van der Waals surface area (Å²) in [6.07, 6.45) is 0.399. The van der Waals surface area contributed by atoms with E-state index in [9.17, 15) is 83.1 Å². The number of carbonyl (C=O) groups is 12. The fourth-order valence-corrected chi connectivity index (χ4v) is 8.84. The second-order valence-electron chi connectivity index (χ2n) is 21.3. The van der Waals surface area contributed by atoms with Crippen LogP contribution < -0.4 is 76.5 Å². The van der Waals surface area contributed by atoms with Gasteiger partial charge in [-0.2, -0.15) is 0 Å². The van der Waals surface area contributed by atoms with Gasteiger partial charge >= 0.3 is 11.9 Å². The lowest BCUT2D eigenvalue weighted by Gasteiger charge is -2.28. The molecule has 35 nitrogen and oxygen atoms in total. The van der Waals surface area contributed by atoms with Crippen molar-refractivity contribution < 1.29 is 83.1 Å². The molecule has 26 N–H and O–H groups in total. The van der Waals surface area contributed by atoms with Crippen LogP contribution in [0.5, 0.6) is 0 Å². The lowest BCUT2D eigenvalue weighted by atomic mass is 10.00. The van der Waals surface area contributed by atoms with Crippen molar-refractivity contribution in [3.63, 3.8) is 0 Å². The number of carbonyl (C=O) groups excluding carboxylic acids is 10. The van der Waals surface area contributed by atoms with Crippen molar-refractivity contribution in [3.8, 4) is 0 Å². The summed E-state index contributed by atoms with van der Waals surface area (Å²) < 4.78 is 0. The van der Waals surface area contributed by atoms with Crippen LogP contribution in [-0.2, 0) is 70.4 Å². The largest absolute Gasteiger partial charge is 0.481 e. The molecule has 11 atom stereocenters. The maximum atomic E-state index is 14.8. The molecule has 2 heterocycles. The number of benzene rings is 1. The number of hydrogen-bond acceptors (Lipinski definition) is 19. The van der Waals surface area contributed by atoms with Crippen LogP contribution in [0.25, 0.3) is 10.9 Å². The monoisotopic (exact) mass is 1260 g/mol. The molecular weight excluding hydrogens is 1170 g/mol. The Bertz CT molecular complexity index is 2920. The van der Waals surface area contributed by atoms with Gasteiger partial charge in [-0.25, -0.2) is 9.78 Å². The highest BCUT2D eigenvalue weighted by molar-refractivity contribution is 5.99. The Morgan fingerprint density at radius 2 is 1.10 bits per heavy atom. The van der Waals surface area contributed by atoms with E-state index in [-0.39, 0.29) is 82.8 Å². The molecule has 0 bridgehead atoms. The zero-order chi connectivity index (χ0) is 66.5. The van der Waals surface area contributed by atoms with Crippen LogP contribution in [0.15, 0.2) is 48.0 Å². The number of aliphatic imine (C=N–C) groups is 1. The number of nitrogens with two attached hydrogens (primary N) is 5. The minimum Gasteiger partial charge on any atom is -0.481 e. The zero-order valence-corrected chi connectivity index (χ0v) is 49.5. The van der Waals surface area contributed by atoms with Crippen LogP contribution in [0.4, 0.5) is 0 Å². The van der Waals surface area contributed by atoms with Crippen LogP contribution in [-0.4, -0.2) is 210 Å². The van der Waals surface area contributed by atoms with Crippen molar-refractivity contribution in [1.82, 2.24) is 62.8 Å². The number of fused-ring (bicyclic) bond motifs is 1. The van der Waals surface area contributed by atoms with Gasteiger partial charge in [0, 0.05) is 54.8 Å². The molecule has 0 aliphatic rings. The molecule has 492 valence electrons. The van der Waals surface area contributed by atoms with Gasteiger partial charge in [0.1, 0.15) is 54.4 Å². The predicted molar refractivity (Wildman–Crippen MR) is 316 cm³/mol. The summed E-state index contributed by atoms with van der Waals surface area (Å²) in [6, 6.07) is -9.48. The molecule has 0 unspecified atom stereocenters. The van der Waals surface area contributed by atoms with Crippen LogP contribution in [0.3, 0.4) is 0 Å².